The molecule has 0 bridgehead atoms. The van der Waals surface area contributed by atoms with Gasteiger partial charge >= 0.3 is 0 Å². The maximum atomic E-state index is 11.3. The zero-order valence-corrected chi connectivity index (χ0v) is 12.1. The molecule has 0 radical (unpaired) electrons. The van der Waals surface area contributed by atoms with Gasteiger partial charge in [-0.05, 0) is 17.7 Å². The van der Waals surface area contributed by atoms with E-state index in [4.69, 9.17) is 20.3 Å². The maximum Gasteiger partial charge on any atom is 0.238 e. The standard InChI is InChI=1S/C14H22N2O4/c1-9(2)16-11(14(15)18)8-20-12-5-4-10(7-17)6-13(12)19-3/h4-6,9,11,16-17H,7-8H2,1-3H3,(H2,15,18). The molecule has 0 aliphatic heterocycles. The highest BCUT2D eigenvalue weighted by Crippen LogP contribution is 2.28. The van der Waals surface area contributed by atoms with Crippen LogP contribution in [0.5, 0.6) is 11.5 Å². The molecule has 1 unspecified atom stereocenters. The molecule has 4 N–H and O–H groups in total. The quantitative estimate of drug-likeness (QED) is 0.642. The number of rotatable bonds is 8. The predicted molar refractivity (Wildman–Crippen MR) is 75.7 cm³/mol. The number of aliphatic hydroxyl groups is 1. The van der Waals surface area contributed by atoms with Gasteiger partial charge in [0.2, 0.25) is 5.91 Å². The zero-order valence-electron chi connectivity index (χ0n) is 12.1. The van der Waals surface area contributed by atoms with Crippen LogP contribution in [0.1, 0.15) is 19.4 Å². The first-order valence-electron chi connectivity index (χ1n) is 6.43. The van der Waals surface area contributed by atoms with Crippen molar-refractivity contribution in [2.75, 3.05) is 13.7 Å². The summed E-state index contributed by atoms with van der Waals surface area (Å²) in [5, 5.41) is 12.1. The van der Waals surface area contributed by atoms with Gasteiger partial charge in [-0.25, -0.2) is 0 Å². The van der Waals surface area contributed by atoms with Crippen LogP contribution in [0.4, 0.5) is 0 Å². The number of aliphatic hydroxyl groups excluding tert-OH is 1. The van der Waals surface area contributed by atoms with Gasteiger partial charge < -0.3 is 25.6 Å². The van der Waals surface area contributed by atoms with E-state index in [1.807, 2.05) is 13.8 Å². The topological polar surface area (TPSA) is 93.8 Å². The van der Waals surface area contributed by atoms with Crippen molar-refractivity contribution in [3.8, 4) is 11.5 Å². The van der Waals surface area contributed by atoms with Crippen LogP contribution in [0.2, 0.25) is 0 Å². The number of nitrogens with one attached hydrogen (secondary N) is 1. The van der Waals surface area contributed by atoms with Crippen LogP contribution >= 0.6 is 0 Å². The number of methoxy groups -OCH3 is 1. The number of carbonyl (C=O) groups is 1. The van der Waals surface area contributed by atoms with Crippen molar-refractivity contribution in [3.63, 3.8) is 0 Å². The third-order valence-electron chi connectivity index (χ3n) is 2.69. The smallest absolute Gasteiger partial charge is 0.238 e. The molecule has 0 heterocycles. The number of amides is 1. The van der Waals surface area contributed by atoms with Crippen molar-refractivity contribution in [2.45, 2.75) is 32.5 Å². The van der Waals surface area contributed by atoms with Crippen LogP contribution in [0.25, 0.3) is 0 Å². The molecule has 112 valence electrons. The highest BCUT2D eigenvalue weighted by Gasteiger charge is 2.18. The lowest BCUT2D eigenvalue weighted by molar-refractivity contribution is -0.120. The molecule has 0 aliphatic rings. The van der Waals surface area contributed by atoms with E-state index >= 15 is 0 Å². The van der Waals surface area contributed by atoms with Crippen LogP contribution in [0, 0.1) is 0 Å². The van der Waals surface area contributed by atoms with Crippen molar-refractivity contribution in [2.24, 2.45) is 5.73 Å². The molecule has 1 atom stereocenters. The first kappa shape index (κ1) is 16.3. The normalized spacial score (nSPS) is 12.2. The summed E-state index contributed by atoms with van der Waals surface area (Å²) in [4.78, 5) is 11.3. The van der Waals surface area contributed by atoms with Crippen LogP contribution in [-0.4, -0.2) is 36.8 Å². The summed E-state index contributed by atoms with van der Waals surface area (Å²) < 4.78 is 10.8. The lowest BCUT2D eigenvalue weighted by atomic mass is 10.2. The minimum Gasteiger partial charge on any atom is -0.493 e. The fourth-order valence-electron chi connectivity index (χ4n) is 1.72. The van der Waals surface area contributed by atoms with E-state index in [0.29, 0.717) is 11.5 Å². The Hall–Kier alpha value is -1.79. The fraction of sp³-hybridized carbons (Fsp3) is 0.500. The second-order valence-corrected chi connectivity index (χ2v) is 4.73. The van der Waals surface area contributed by atoms with Gasteiger partial charge in [-0.2, -0.15) is 0 Å². The summed E-state index contributed by atoms with van der Waals surface area (Å²) in [6.45, 7) is 3.89. The van der Waals surface area contributed by atoms with E-state index in [0.717, 1.165) is 5.56 Å². The second-order valence-electron chi connectivity index (χ2n) is 4.73. The molecule has 1 aromatic rings. The Bertz CT molecular complexity index is 449. The minimum absolute atomic E-state index is 0.0740. The Morgan fingerprint density at radius 1 is 1.40 bits per heavy atom. The number of hydrogen-bond acceptors (Lipinski definition) is 5. The number of benzene rings is 1. The van der Waals surface area contributed by atoms with Crippen molar-refractivity contribution in [3.05, 3.63) is 23.8 Å². The molecule has 0 aliphatic carbocycles. The zero-order chi connectivity index (χ0) is 15.1. The van der Waals surface area contributed by atoms with E-state index in [1.165, 1.54) is 7.11 Å². The Labute approximate surface area is 118 Å². The molecule has 1 rings (SSSR count). The molecular formula is C14H22N2O4. The number of carbonyl (C=O) groups excluding carboxylic acids is 1. The fourth-order valence-corrected chi connectivity index (χ4v) is 1.72. The second kappa shape index (κ2) is 7.72. The van der Waals surface area contributed by atoms with Gasteiger partial charge in [-0.1, -0.05) is 19.9 Å². The van der Waals surface area contributed by atoms with E-state index in [1.54, 1.807) is 18.2 Å². The molecule has 0 spiro atoms. The number of primary amides is 1. The van der Waals surface area contributed by atoms with E-state index < -0.39 is 11.9 Å². The van der Waals surface area contributed by atoms with Crippen molar-refractivity contribution in [1.29, 1.82) is 0 Å². The van der Waals surface area contributed by atoms with Gasteiger partial charge in [0, 0.05) is 6.04 Å². The first-order chi connectivity index (χ1) is 9.47. The summed E-state index contributed by atoms with van der Waals surface area (Å²) in [5.74, 6) is 0.537. The van der Waals surface area contributed by atoms with E-state index in [-0.39, 0.29) is 19.3 Å². The third kappa shape index (κ3) is 4.71. The monoisotopic (exact) mass is 282 g/mol. The van der Waals surface area contributed by atoms with E-state index in [9.17, 15) is 4.79 Å². The van der Waals surface area contributed by atoms with Crippen LogP contribution in [0.3, 0.4) is 0 Å². The minimum atomic E-state index is -0.572. The number of hydrogen-bond donors (Lipinski definition) is 3. The van der Waals surface area contributed by atoms with Crippen molar-refractivity contribution < 1.29 is 19.4 Å². The summed E-state index contributed by atoms with van der Waals surface area (Å²) in [6.07, 6.45) is 0. The summed E-state index contributed by atoms with van der Waals surface area (Å²) in [7, 11) is 1.52. The van der Waals surface area contributed by atoms with Gasteiger partial charge in [0.15, 0.2) is 11.5 Å². The van der Waals surface area contributed by atoms with Gasteiger partial charge in [0.25, 0.3) is 0 Å². The highest BCUT2D eigenvalue weighted by molar-refractivity contribution is 5.80. The molecule has 0 saturated heterocycles. The van der Waals surface area contributed by atoms with Gasteiger partial charge in [0.1, 0.15) is 12.6 Å². The molecule has 1 aromatic carbocycles. The molecule has 6 nitrogen and oxygen atoms in total. The van der Waals surface area contributed by atoms with Gasteiger partial charge in [-0.15, -0.1) is 0 Å². The Morgan fingerprint density at radius 2 is 2.10 bits per heavy atom. The highest BCUT2D eigenvalue weighted by atomic mass is 16.5. The third-order valence-corrected chi connectivity index (χ3v) is 2.69. The Kier molecular flexibility index (Phi) is 6.27. The Balaban J connectivity index is 2.74. The summed E-state index contributed by atoms with van der Waals surface area (Å²) >= 11 is 0. The molecule has 20 heavy (non-hydrogen) atoms. The predicted octanol–water partition coefficient (Wildman–Crippen LogP) is 0.418. The van der Waals surface area contributed by atoms with Crippen LogP contribution < -0.4 is 20.5 Å². The molecule has 0 aromatic heterocycles. The lowest BCUT2D eigenvalue weighted by Gasteiger charge is -2.19. The first-order valence-corrected chi connectivity index (χ1v) is 6.43. The molecule has 0 saturated carbocycles. The average Bonchev–Trinajstić information content (AvgIpc) is 2.42. The number of ether oxygens (including phenoxy) is 2. The summed E-state index contributed by atoms with van der Waals surface area (Å²) in [5.41, 5.74) is 6.04. The van der Waals surface area contributed by atoms with E-state index in [2.05, 4.69) is 5.32 Å². The van der Waals surface area contributed by atoms with Crippen LogP contribution in [0.15, 0.2) is 18.2 Å². The molecule has 0 fully saturated rings. The molecule has 1 amide bonds. The largest absolute Gasteiger partial charge is 0.493 e. The van der Waals surface area contributed by atoms with Gasteiger partial charge in [0.05, 0.1) is 13.7 Å². The van der Waals surface area contributed by atoms with Crippen molar-refractivity contribution >= 4 is 5.91 Å². The average molecular weight is 282 g/mol. The Morgan fingerprint density at radius 3 is 2.60 bits per heavy atom. The molecule has 6 heteroatoms. The number of nitrogens with two attached hydrogens (primary N) is 1. The lowest BCUT2D eigenvalue weighted by Crippen LogP contribution is -2.48. The maximum absolute atomic E-state index is 11.3. The van der Waals surface area contributed by atoms with Crippen molar-refractivity contribution in [1.82, 2.24) is 5.32 Å². The molecular weight excluding hydrogens is 260 g/mol. The SMILES string of the molecule is COc1cc(CO)ccc1OCC(NC(C)C)C(N)=O. The summed E-state index contributed by atoms with van der Waals surface area (Å²) in [6, 6.07) is 4.65. The van der Waals surface area contributed by atoms with Gasteiger partial charge in [-0.3, -0.25) is 4.79 Å². The van der Waals surface area contributed by atoms with Crippen LogP contribution in [-0.2, 0) is 11.4 Å².